The highest BCUT2D eigenvalue weighted by atomic mass is 16.2. The van der Waals surface area contributed by atoms with E-state index in [1.54, 1.807) is 0 Å². The number of carbonyl (C=O) groups is 2. The second kappa shape index (κ2) is 9.93. The van der Waals surface area contributed by atoms with Crippen LogP contribution in [0.1, 0.15) is 37.5 Å². The molecule has 0 fully saturated rings. The standard InChI is InChI=1S/C23H31N3O2/c1-6-25(7-2)21-11-12-22(18(4)14-21)26(19(5)27)16-23(28)24-15-20-10-8-9-17(3)13-20/h8-14H,6-7,15-16H2,1-5H3,(H,24,28). The molecule has 2 aromatic carbocycles. The van der Waals surface area contributed by atoms with E-state index in [4.69, 9.17) is 0 Å². The highest BCUT2D eigenvalue weighted by Crippen LogP contribution is 2.26. The van der Waals surface area contributed by atoms with Gasteiger partial charge in [-0.1, -0.05) is 29.8 Å². The lowest BCUT2D eigenvalue weighted by molar-refractivity contribution is -0.123. The van der Waals surface area contributed by atoms with Gasteiger partial charge >= 0.3 is 0 Å². The van der Waals surface area contributed by atoms with Gasteiger partial charge in [0.25, 0.3) is 0 Å². The Hall–Kier alpha value is -2.82. The number of carbonyl (C=O) groups excluding carboxylic acids is 2. The van der Waals surface area contributed by atoms with E-state index in [9.17, 15) is 9.59 Å². The minimum absolute atomic E-state index is 0.00655. The molecule has 0 aliphatic rings. The topological polar surface area (TPSA) is 52.6 Å². The average molecular weight is 382 g/mol. The summed E-state index contributed by atoms with van der Waals surface area (Å²) >= 11 is 0. The van der Waals surface area contributed by atoms with Crippen molar-refractivity contribution in [3.05, 3.63) is 59.2 Å². The first-order valence-corrected chi connectivity index (χ1v) is 9.81. The Morgan fingerprint density at radius 2 is 1.71 bits per heavy atom. The van der Waals surface area contributed by atoms with Crippen LogP contribution in [0.4, 0.5) is 11.4 Å². The Bertz CT molecular complexity index is 828. The van der Waals surface area contributed by atoms with Crippen LogP contribution in [0.2, 0.25) is 0 Å². The van der Waals surface area contributed by atoms with Crippen molar-refractivity contribution in [1.29, 1.82) is 0 Å². The third-order valence-corrected chi connectivity index (χ3v) is 4.85. The maximum absolute atomic E-state index is 12.5. The predicted molar refractivity (Wildman–Crippen MR) is 116 cm³/mol. The van der Waals surface area contributed by atoms with E-state index in [2.05, 4.69) is 30.1 Å². The third-order valence-electron chi connectivity index (χ3n) is 4.85. The molecule has 0 aliphatic heterocycles. The van der Waals surface area contributed by atoms with Gasteiger partial charge in [0.15, 0.2) is 0 Å². The van der Waals surface area contributed by atoms with Gasteiger partial charge in [0.05, 0.1) is 0 Å². The molecule has 0 heterocycles. The van der Waals surface area contributed by atoms with Crippen LogP contribution in [0.15, 0.2) is 42.5 Å². The molecule has 2 aromatic rings. The molecular formula is C23H31N3O2. The molecule has 0 saturated heterocycles. The molecule has 0 aromatic heterocycles. The summed E-state index contributed by atoms with van der Waals surface area (Å²) in [6.45, 7) is 12.0. The first-order chi connectivity index (χ1) is 13.3. The van der Waals surface area contributed by atoms with Crippen LogP contribution in [-0.2, 0) is 16.1 Å². The van der Waals surface area contributed by atoms with Gasteiger partial charge in [-0.15, -0.1) is 0 Å². The fraction of sp³-hybridized carbons (Fsp3) is 0.391. The monoisotopic (exact) mass is 381 g/mol. The van der Waals surface area contributed by atoms with E-state index in [0.717, 1.165) is 41.2 Å². The summed E-state index contributed by atoms with van der Waals surface area (Å²) in [7, 11) is 0. The van der Waals surface area contributed by atoms with E-state index >= 15 is 0 Å². The van der Waals surface area contributed by atoms with Crippen LogP contribution < -0.4 is 15.1 Å². The molecular weight excluding hydrogens is 350 g/mol. The Kier molecular flexibility index (Phi) is 7.61. The van der Waals surface area contributed by atoms with Crippen LogP contribution in [0.5, 0.6) is 0 Å². The zero-order valence-electron chi connectivity index (χ0n) is 17.6. The van der Waals surface area contributed by atoms with Gasteiger partial charge in [0, 0.05) is 37.9 Å². The zero-order valence-corrected chi connectivity index (χ0v) is 17.6. The minimum atomic E-state index is -0.177. The highest BCUT2D eigenvalue weighted by Gasteiger charge is 2.18. The number of benzene rings is 2. The SMILES string of the molecule is CCN(CC)c1ccc(N(CC(=O)NCc2cccc(C)c2)C(C)=O)c(C)c1. The van der Waals surface area contributed by atoms with Crippen molar-refractivity contribution in [3.8, 4) is 0 Å². The molecule has 0 radical (unpaired) electrons. The molecule has 1 N–H and O–H groups in total. The molecule has 0 aliphatic carbocycles. The number of nitrogens with zero attached hydrogens (tertiary/aromatic N) is 2. The molecule has 2 rings (SSSR count). The third kappa shape index (κ3) is 5.59. The largest absolute Gasteiger partial charge is 0.372 e. The summed E-state index contributed by atoms with van der Waals surface area (Å²) in [4.78, 5) is 28.5. The first-order valence-electron chi connectivity index (χ1n) is 9.81. The molecule has 2 amide bonds. The van der Waals surface area contributed by atoms with Gasteiger partial charge in [-0.25, -0.2) is 0 Å². The lowest BCUT2D eigenvalue weighted by atomic mass is 10.1. The molecule has 28 heavy (non-hydrogen) atoms. The minimum Gasteiger partial charge on any atom is -0.372 e. The summed E-state index contributed by atoms with van der Waals surface area (Å²) < 4.78 is 0. The van der Waals surface area contributed by atoms with Crippen molar-refractivity contribution < 1.29 is 9.59 Å². The van der Waals surface area contributed by atoms with E-state index in [1.807, 2.05) is 50.2 Å². The number of anilines is 2. The summed E-state index contributed by atoms with van der Waals surface area (Å²) in [5.41, 5.74) is 5.07. The molecule has 5 nitrogen and oxygen atoms in total. The maximum atomic E-state index is 12.5. The summed E-state index contributed by atoms with van der Waals surface area (Å²) in [6.07, 6.45) is 0. The van der Waals surface area contributed by atoms with Crippen LogP contribution in [0, 0.1) is 13.8 Å². The van der Waals surface area contributed by atoms with Crippen LogP contribution in [-0.4, -0.2) is 31.4 Å². The number of hydrogen-bond acceptors (Lipinski definition) is 3. The summed E-state index contributed by atoms with van der Waals surface area (Å²) in [5, 5.41) is 2.91. The Balaban J connectivity index is 2.10. The molecule has 5 heteroatoms. The summed E-state index contributed by atoms with van der Waals surface area (Å²) in [5.74, 6) is -0.326. The number of rotatable bonds is 8. The molecule has 0 bridgehead atoms. The van der Waals surface area contributed by atoms with Gasteiger partial charge in [0.1, 0.15) is 6.54 Å². The van der Waals surface area contributed by atoms with Gasteiger partial charge in [-0.3, -0.25) is 9.59 Å². The normalized spacial score (nSPS) is 10.5. The van der Waals surface area contributed by atoms with Crippen molar-refractivity contribution in [2.24, 2.45) is 0 Å². The first kappa shape index (κ1) is 21.5. The molecule has 0 spiro atoms. The molecule has 0 atom stereocenters. The van der Waals surface area contributed by atoms with Crippen LogP contribution in [0.3, 0.4) is 0 Å². The van der Waals surface area contributed by atoms with E-state index < -0.39 is 0 Å². The molecule has 0 saturated carbocycles. The smallest absolute Gasteiger partial charge is 0.240 e. The van der Waals surface area contributed by atoms with Crippen LogP contribution >= 0.6 is 0 Å². The number of aryl methyl sites for hydroxylation is 2. The molecule has 0 unspecified atom stereocenters. The average Bonchev–Trinajstić information content (AvgIpc) is 2.66. The fourth-order valence-electron chi connectivity index (χ4n) is 3.32. The second-order valence-corrected chi connectivity index (χ2v) is 7.01. The van der Waals surface area contributed by atoms with E-state index in [0.29, 0.717) is 6.54 Å². The molecule has 150 valence electrons. The predicted octanol–water partition coefficient (Wildman–Crippen LogP) is 3.82. The maximum Gasteiger partial charge on any atom is 0.240 e. The van der Waals surface area contributed by atoms with Gasteiger partial charge in [0.2, 0.25) is 11.8 Å². The number of nitrogens with one attached hydrogen (secondary N) is 1. The van der Waals surface area contributed by atoms with Crippen molar-refractivity contribution in [1.82, 2.24) is 5.32 Å². The van der Waals surface area contributed by atoms with E-state index in [1.165, 1.54) is 11.8 Å². The Morgan fingerprint density at radius 1 is 1.00 bits per heavy atom. The second-order valence-electron chi connectivity index (χ2n) is 7.01. The van der Waals surface area contributed by atoms with E-state index in [-0.39, 0.29) is 18.4 Å². The Labute approximate surface area is 168 Å². The van der Waals surface area contributed by atoms with Gasteiger partial charge < -0.3 is 15.1 Å². The zero-order chi connectivity index (χ0) is 20.7. The lowest BCUT2D eigenvalue weighted by Gasteiger charge is -2.26. The summed E-state index contributed by atoms with van der Waals surface area (Å²) in [6, 6.07) is 14.0. The van der Waals surface area contributed by atoms with Crippen molar-refractivity contribution >= 4 is 23.2 Å². The quantitative estimate of drug-likeness (QED) is 0.756. The van der Waals surface area contributed by atoms with Crippen molar-refractivity contribution in [2.45, 2.75) is 41.2 Å². The van der Waals surface area contributed by atoms with Crippen molar-refractivity contribution in [3.63, 3.8) is 0 Å². The number of hydrogen-bond donors (Lipinski definition) is 1. The van der Waals surface area contributed by atoms with Gasteiger partial charge in [-0.05, 0) is 57.0 Å². The highest BCUT2D eigenvalue weighted by molar-refractivity contribution is 5.98. The van der Waals surface area contributed by atoms with Gasteiger partial charge in [-0.2, -0.15) is 0 Å². The number of amides is 2. The fourth-order valence-corrected chi connectivity index (χ4v) is 3.32. The van der Waals surface area contributed by atoms with Crippen molar-refractivity contribution in [2.75, 3.05) is 29.4 Å². The lowest BCUT2D eigenvalue weighted by Crippen LogP contribution is -2.40. The Morgan fingerprint density at radius 3 is 2.29 bits per heavy atom. The van der Waals surface area contributed by atoms with Crippen LogP contribution in [0.25, 0.3) is 0 Å².